The Morgan fingerprint density at radius 2 is 0.811 bits per heavy atom. The molecule has 0 bridgehead atoms. The van der Waals surface area contributed by atoms with Gasteiger partial charge in [0.25, 0.3) is 0 Å². The molecule has 2 rings (SSSR count). The summed E-state index contributed by atoms with van der Waals surface area (Å²) in [4.78, 5) is 25.9. The minimum absolute atomic E-state index is 0.144. The average Bonchev–Trinajstić information content (AvgIpc) is 3.39. The number of aliphatic hydroxyl groups is 7. The SMILES string of the molecule is CC/C=C\C/C=C\C/C=C\C/C=C\CCCCCCCCCCC(=O)OC(COC(=O)CCCCCC/C=C\C/C=C\C/C=C\C/C=C\CC)COC1OC(COC2OC(CO)C(O)C(O)C2O)C(O)C(O)C1O. The van der Waals surface area contributed by atoms with Gasteiger partial charge in [-0.1, -0.05) is 162 Å². The van der Waals surface area contributed by atoms with E-state index in [0.29, 0.717) is 12.8 Å². The third-order valence-electron chi connectivity index (χ3n) is 12.6. The summed E-state index contributed by atoms with van der Waals surface area (Å²) in [6.07, 6.45) is 39.9. The minimum Gasteiger partial charge on any atom is -0.462 e. The van der Waals surface area contributed by atoms with E-state index in [-0.39, 0.29) is 19.4 Å². The molecule has 0 amide bonds. The Morgan fingerprint density at radius 3 is 1.27 bits per heavy atom. The molecule has 2 aliphatic rings. The summed E-state index contributed by atoms with van der Waals surface area (Å²) < 4.78 is 33.6. The number of hydrogen-bond donors (Lipinski definition) is 7. The van der Waals surface area contributed by atoms with Gasteiger partial charge in [-0.2, -0.15) is 0 Å². The van der Waals surface area contributed by atoms with Crippen molar-refractivity contribution in [3.63, 3.8) is 0 Å². The summed E-state index contributed by atoms with van der Waals surface area (Å²) in [5, 5.41) is 72.2. The van der Waals surface area contributed by atoms with E-state index in [9.17, 15) is 45.3 Å². The van der Waals surface area contributed by atoms with E-state index >= 15 is 0 Å². The molecule has 11 atom stereocenters. The maximum absolute atomic E-state index is 13.1. The quantitative estimate of drug-likeness (QED) is 0.0172. The van der Waals surface area contributed by atoms with Gasteiger partial charge < -0.3 is 64.2 Å². The van der Waals surface area contributed by atoms with Crippen LogP contribution in [-0.2, 0) is 38.0 Å². The average molecular weight is 1050 g/mol. The molecule has 15 nitrogen and oxygen atoms in total. The lowest BCUT2D eigenvalue weighted by atomic mass is 9.98. The van der Waals surface area contributed by atoms with Gasteiger partial charge in [0.15, 0.2) is 18.7 Å². The zero-order chi connectivity index (χ0) is 53.9. The highest BCUT2D eigenvalue weighted by molar-refractivity contribution is 5.70. The molecule has 2 fully saturated rings. The first-order valence-electron chi connectivity index (χ1n) is 27.8. The van der Waals surface area contributed by atoms with E-state index in [1.54, 1.807) is 0 Å². The summed E-state index contributed by atoms with van der Waals surface area (Å²) in [6.45, 7) is 2.32. The molecule has 74 heavy (non-hydrogen) atoms. The maximum atomic E-state index is 13.1. The zero-order valence-electron chi connectivity index (χ0n) is 44.8. The van der Waals surface area contributed by atoms with Crippen molar-refractivity contribution in [2.45, 2.75) is 235 Å². The molecule has 2 saturated heterocycles. The van der Waals surface area contributed by atoms with Crippen LogP contribution in [0.25, 0.3) is 0 Å². The Labute approximate surface area is 443 Å². The first-order chi connectivity index (χ1) is 36.0. The first-order valence-corrected chi connectivity index (χ1v) is 27.8. The number of unbranched alkanes of at least 4 members (excludes halogenated alkanes) is 12. The van der Waals surface area contributed by atoms with Crippen molar-refractivity contribution in [3.05, 3.63) is 97.2 Å². The van der Waals surface area contributed by atoms with E-state index in [4.69, 9.17) is 28.4 Å². The van der Waals surface area contributed by atoms with Crippen molar-refractivity contribution in [1.82, 2.24) is 0 Å². The molecular formula is C59H96O15. The fraction of sp³-hybridized carbons (Fsp3) is 0.695. The third kappa shape index (κ3) is 31.5. The molecule has 0 saturated carbocycles. The first kappa shape index (κ1) is 66.5. The standard InChI is InChI=1S/C59H96O15/c1-3-5-7-9-11-13-15-17-19-21-22-23-24-26-28-30-32-34-36-38-40-42-51(62)72-47(44-69-50(61)41-39-37-35-33-31-29-27-25-20-18-16-14-12-10-8-6-4-2)45-70-58-57(68)55(66)53(64)49(74-58)46-71-59-56(67)54(65)52(63)48(43-60)73-59/h5-8,11-14,17-20,22-23,27,29,47-49,52-60,63-68H,3-4,9-10,15-16,21,24-26,28,30-46H2,1-2H3/b7-5-,8-6-,13-11-,14-12-,19-17-,20-18-,23-22-,29-27-. The number of aliphatic hydroxyl groups excluding tert-OH is 7. The molecule has 7 N–H and O–H groups in total. The molecule has 0 aliphatic carbocycles. The van der Waals surface area contributed by atoms with Crippen LogP contribution in [0.4, 0.5) is 0 Å². The molecule has 2 heterocycles. The van der Waals surface area contributed by atoms with Crippen LogP contribution >= 0.6 is 0 Å². The van der Waals surface area contributed by atoms with Crippen LogP contribution < -0.4 is 0 Å². The number of rotatable bonds is 42. The van der Waals surface area contributed by atoms with Gasteiger partial charge in [-0.25, -0.2) is 0 Å². The van der Waals surface area contributed by atoms with Gasteiger partial charge in [-0.3, -0.25) is 9.59 Å². The molecule has 0 spiro atoms. The van der Waals surface area contributed by atoms with Crippen LogP contribution in [0.5, 0.6) is 0 Å². The molecule has 11 unspecified atom stereocenters. The second-order valence-electron chi connectivity index (χ2n) is 19.0. The van der Waals surface area contributed by atoms with Crippen LogP contribution in [0.1, 0.15) is 168 Å². The van der Waals surface area contributed by atoms with Gasteiger partial charge in [0, 0.05) is 12.8 Å². The molecule has 15 heteroatoms. The van der Waals surface area contributed by atoms with Crippen molar-refractivity contribution >= 4 is 11.9 Å². The predicted octanol–water partition coefficient (Wildman–Crippen LogP) is 8.93. The molecule has 2 aliphatic heterocycles. The Balaban J connectivity index is 1.79. The largest absolute Gasteiger partial charge is 0.462 e. The fourth-order valence-corrected chi connectivity index (χ4v) is 8.08. The van der Waals surface area contributed by atoms with Gasteiger partial charge in [-0.05, 0) is 89.9 Å². The number of carbonyl (C=O) groups is 2. The van der Waals surface area contributed by atoms with Crippen LogP contribution in [-0.4, -0.2) is 142 Å². The van der Waals surface area contributed by atoms with Crippen molar-refractivity contribution in [2.75, 3.05) is 26.4 Å². The van der Waals surface area contributed by atoms with Gasteiger partial charge >= 0.3 is 11.9 Å². The van der Waals surface area contributed by atoms with Crippen molar-refractivity contribution < 1.29 is 73.8 Å². The van der Waals surface area contributed by atoms with E-state index in [1.807, 2.05) is 0 Å². The second-order valence-corrected chi connectivity index (χ2v) is 19.0. The van der Waals surface area contributed by atoms with E-state index in [2.05, 4.69) is 111 Å². The maximum Gasteiger partial charge on any atom is 0.306 e. The second kappa shape index (κ2) is 44.5. The number of ether oxygens (including phenoxy) is 6. The van der Waals surface area contributed by atoms with Crippen LogP contribution in [0.2, 0.25) is 0 Å². The highest BCUT2D eigenvalue weighted by Crippen LogP contribution is 2.26. The van der Waals surface area contributed by atoms with Crippen molar-refractivity contribution in [2.24, 2.45) is 0 Å². The van der Waals surface area contributed by atoms with E-state index < -0.39 is 99.3 Å². The number of hydrogen-bond acceptors (Lipinski definition) is 15. The third-order valence-corrected chi connectivity index (χ3v) is 12.6. The molecular weight excluding hydrogens is 949 g/mol. The van der Waals surface area contributed by atoms with Gasteiger partial charge in [0.05, 0.1) is 19.8 Å². The van der Waals surface area contributed by atoms with Gasteiger partial charge in [-0.15, -0.1) is 0 Å². The highest BCUT2D eigenvalue weighted by atomic mass is 16.7. The fourth-order valence-electron chi connectivity index (χ4n) is 8.08. The summed E-state index contributed by atoms with van der Waals surface area (Å²) >= 11 is 0. The molecule has 0 aromatic carbocycles. The summed E-state index contributed by atoms with van der Waals surface area (Å²) in [5.74, 6) is -0.970. The lowest BCUT2D eigenvalue weighted by Crippen LogP contribution is -2.61. The summed E-state index contributed by atoms with van der Waals surface area (Å²) in [5.41, 5.74) is 0. The monoisotopic (exact) mass is 1040 g/mol. The summed E-state index contributed by atoms with van der Waals surface area (Å²) in [7, 11) is 0. The topological polar surface area (TPSA) is 231 Å². The molecule has 0 aromatic rings. The summed E-state index contributed by atoms with van der Waals surface area (Å²) in [6, 6.07) is 0. The Hall–Kier alpha value is -3.58. The van der Waals surface area contributed by atoms with Gasteiger partial charge in [0.2, 0.25) is 0 Å². The van der Waals surface area contributed by atoms with Crippen molar-refractivity contribution in [1.29, 1.82) is 0 Å². The predicted molar refractivity (Wildman–Crippen MR) is 288 cm³/mol. The van der Waals surface area contributed by atoms with E-state index in [0.717, 1.165) is 109 Å². The lowest BCUT2D eigenvalue weighted by Gasteiger charge is -2.42. The molecule has 422 valence electrons. The zero-order valence-corrected chi connectivity index (χ0v) is 44.8. The van der Waals surface area contributed by atoms with Crippen molar-refractivity contribution in [3.8, 4) is 0 Å². The van der Waals surface area contributed by atoms with E-state index in [1.165, 1.54) is 19.3 Å². The number of carbonyl (C=O) groups excluding carboxylic acids is 2. The number of allylic oxidation sites excluding steroid dienone is 16. The van der Waals surface area contributed by atoms with Gasteiger partial charge in [0.1, 0.15) is 55.4 Å². The normalized spacial score (nSPS) is 25.4. The smallest absolute Gasteiger partial charge is 0.306 e. The minimum atomic E-state index is -1.78. The Bertz CT molecular complexity index is 1650. The van der Waals surface area contributed by atoms with Crippen LogP contribution in [0.15, 0.2) is 97.2 Å². The number of esters is 2. The Kier molecular flexibility index (Phi) is 40.0. The van der Waals surface area contributed by atoms with Crippen LogP contribution in [0.3, 0.4) is 0 Å². The highest BCUT2D eigenvalue weighted by Gasteiger charge is 2.47. The Morgan fingerprint density at radius 1 is 0.432 bits per heavy atom. The lowest BCUT2D eigenvalue weighted by molar-refractivity contribution is -0.332. The molecule has 0 aromatic heterocycles. The molecule has 0 radical (unpaired) electrons. The van der Waals surface area contributed by atoms with Crippen LogP contribution in [0, 0.1) is 0 Å².